The highest BCUT2D eigenvalue weighted by Gasteiger charge is 2.18. The van der Waals surface area contributed by atoms with Gasteiger partial charge in [0.15, 0.2) is 11.2 Å². The summed E-state index contributed by atoms with van der Waals surface area (Å²) in [6, 6.07) is 7.39. The molecule has 2 heterocycles. The van der Waals surface area contributed by atoms with Crippen LogP contribution in [0, 0.1) is 0 Å². The summed E-state index contributed by atoms with van der Waals surface area (Å²) in [6.45, 7) is 3.23. The topological polar surface area (TPSA) is 105 Å². The minimum absolute atomic E-state index is 0.289. The van der Waals surface area contributed by atoms with E-state index in [-0.39, 0.29) is 5.65 Å². The molecule has 0 aliphatic heterocycles. The number of nitrogens with one attached hydrogen (secondary N) is 1. The maximum Gasteiger partial charge on any atom is 0.332 e. The lowest BCUT2D eigenvalue weighted by atomic mass is 10.2. The monoisotopic (exact) mass is 400 g/mol. The number of hydrazone groups is 1. The van der Waals surface area contributed by atoms with E-state index >= 15 is 0 Å². The molecule has 2 aromatic heterocycles. The second-order valence-corrected chi connectivity index (χ2v) is 6.31. The number of aryl methyl sites for hydroxylation is 1. The summed E-state index contributed by atoms with van der Waals surface area (Å²) < 4.78 is 14.6. The number of rotatable bonds is 8. The fourth-order valence-electron chi connectivity index (χ4n) is 2.90. The summed E-state index contributed by atoms with van der Waals surface area (Å²) in [6.07, 6.45) is 1.63. The minimum atomic E-state index is -0.440. The number of benzene rings is 1. The molecular weight excluding hydrogens is 376 g/mol. The van der Waals surface area contributed by atoms with Gasteiger partial charge in [0.2, 0.25) is 5.95 Å². The van der Waals surface area contributed by atoms with Crippen LogP contribution < -0.4 is 21.4 Å². The minimum Gasteiger partial charge on any atom is -0.497 e. The molecule has 0 unspecified atom stereocenters. The predicted octanol–water partition coefficient (Wildman–Crippen LogP) is 0.925. The van der Waals surface area contributed by atoms with E-state index in [4.69, 9.17) is 9.47 Å². The Morgan fingerprint density at radius 2 is 1.90 bits per heavy atom. The molecule has 0 fully saturated rings. The molecule has 0 saturated carbocycles. The number of imidazole rings is 1. The Hall–Kier alpha value is -3.40. The van der Waals surface area contributed by atoms with Gasteiger partial charge in [-0.2, -0.15) is 10.1 Å². The molecule has 10 heteroatoms. The van der Waals surface area contributed by atoms with Crippen molar-refractivity contribution >= 4 is 23.3 Å². The van der Waals surface area contributed by atoms with Crippen LogP contribution in [0.15, 0.2) is 39.0 Å². The predicted molar refractivity (Wildman–Crippen MR) is 111 cm³/mol. The number of hydrogen-bond donors (Lipinski definition) is 1. The zero-order chi connectivity index (χ0) is 21.0. The first-order chi connectivity index (χ1) is 14.0. The molecule has 0 amide bonds. The summed E-state index contributed by atoms with van der Waals surface area (Å²) in [5.41, 5.74) is 3.48. The number of anilines is 1. The summed E-state index contributed by atoms with van der Waals surface area (Å²) in [5, 5.41) is 4.22. The zero-order valence-corrected chi connectivity index (χ0v) is 16.9. The first-order valence-electron chi connectivity index (χ1n) is 9.15. The van der Waals surface area contributed by atoms with E-state index in [0.717, 1.165) is 15.9 Å². The molecule has 1 N–H and O–H groups in total. The maximum absolute atomic E-state index is 12.7. The third-order valence-corrected chi connectivity index (χ3v) is 4.51. The van der Waals surface area contributed by atoms with Crippen molar-refractivity contribution in [2.45, 2.75) is 13.5 Å². The van der Waals surface area contributed by atoms with Gasteiger partial charge in [0, 0.05) is 27.2 Å². The van der Waals surface area contributed by atoms with E-state index in [1.54, 1.807) is 24.9 Å². The normalized spacial score (nSPS) is 11.4. The number of ether oxygens (including phenoxy) is 2. The van der Waals surface area contributed by atoms with Crippen LogP contribution in [0.25, 0.3) is 11.2 Å². The SMILES string of the molecule is CCOCCn1c(N/N=C\c2ccc(OC)cc2)nc2c1c(=O)n(C)c(=O)n2C. The van der Waals surface area contributed by atoms with Gasteiger partial charge >= 0.3 is 5.69 Å². The molecule has 0 aliphatic carbocycles. The maximum atomic E-state index is 12.7. The number of hydrogen-bond acceptors (Lipinski definition) is 7. The van der Waals surface area contributed by atoms with Crippen molar-refractivity contribution in [2.24, 2.45) is 19.2 Å². The van der Waals surface area contributed by atoms with E-state index < -0.39 is 11.2 Å². The van der Waals surface area contributed by atoms with Gasteiger partial charge in [-0.1, -0.05) is 0 Å². The highest BCUT2D eigenvalue weighted by Crippen LogP contribution is 2.16. The summed E-state index contributed by atoms with van der Waals surface area (Å²) in [5.74, 6) is 1.10. The van der Waals surface area contributed by atoms with Crippen molar-refractivity contribution in [1.82, 2.24) is 18.7 Å². The number of fused-ring (bicyclic) bond motifs is 1. The van der Waals surface area contributed by atoms with Crippen molar-refractivity contribution < 1.29 is 9.47 Å². The first-order valence-corrected chi connectivity index (χ1v) is 9.15. The van der Waals surface area contributed by atoms with E-state index in [1.807, 2.05) is 31.2 Å². The van der Waals surface area contributed by atoms with Crippen LogP contribution in [0.5, 0.6) is 5.75 Å². The molecule has 29 heavy (non-hydrogen) atoms. The van der Waals surface area contributed by atoms with Crippen LogP contribution in [-0.4, -0.2) is 45.2 Å². The van der Waals surface area contributed by atoms with Crippen LogP contribution in [0.1, 0.15) is 12.5 Å². The molecule has 10 nitrogen and oxygen atoms in total. The van der Waals surface area contributed by atoms with E-state index in [1.165, 1.54) is 11.6 Å². The number of aromatic nitrogens is 4. The molecule has 0 atom stereocenters. The fraction of sp³-hybridized carbons (Fsp3) is 0.368. The van der Waals surface area contributed by atoms with Crippen LogP contribution >= 0.6 is 0 Å². The lowest BCUT2D eigenvalue weighted by molar-refractivity contribution is 0.140. The van der Waals surface area contributed by atoms with Gasteiger partial charge in [-0.25, -0.2) is 10.2 Å². The average molecular weight is 400 g/mol. The second kappa shape index (κ2) is 8.74. The third kappa shape index (κ3) is 4.06. The van der Waals surface area contributed by atoms with Crippen LogP contribution in [0.2, 0.25) is 0 Å². The Bertz CT molecular complexity index is 1140. The van der Waals surface area contributed by atoms with Crippen molar-refractivity contribution in [1.29, 1.82) is 0 Å². The van der Waals surface area contributed by atoms with Gasteiger partial charge in [-0.15, -0.1) is 0 Å². The Morgan fingerprint density at radius 3 is 2.55 bits per heavy atom. The van der Waals surface area contributed by atoms with E-state index in [0.29, 0.717) is 31.2 Å². The van der Waals surface area contributed by atoms with Crippen molar-refractivity contribution in [3.05, 3.63) is 50.7 Å². The molecular formula is C19H24N6O4. The molecule has 1 aromatic carbocycles. The average Bonchev–Trinajstić information content (AvgIpc) is 3.10. The van der Waals surface area contributed by atoms with Crippen LogP contribution in [0.4, 0.5) is 5.95 Å². The van der Waals surface area contributed by atoms with Gasteiger partial charge in [0.1, 0.15) is 5.75 Å². The molecule has 0 aliphatic rings. The largest absolute Gasteiger partial charge is 0.497 e. The highest BCUT2D eigenvalue weighted by molar-refractivity contribution is 5.80. The van der Waals surface area contributed by atoms with Gasteiger partial charge in [-0.3, -0.25) is 13.9 Å². The Balaban J connectivity index is 1.98. The van der Waals surface area contributed by atoms with E-state index in [2.05, 4.69) is 15.5 Å². The molecule has 0 bridgehead atoms. The van der Waals surface area contributed by atoms with Gasteiger partial charge in [-0.05, 0) is 36.8 Å². The Morgan fingerprint density at radius 1 is 1.17 bits per heavy atom. The molecule has 154 valence electrons. The standard InChI is InChI=1S/C19H24N6O4/c1-5-29-11-10-25-15-16(23(2)19(27)24(3)17(15)26)21-18(25)22-20-12-13-6-8-14(28-4)9-7-13/h6-9,12H,5,10-11H2,1-4H3,(H,21,22)/b20-12-. The van der Waals surface area contributed by atoms with Crippen molar-refractivity contribution in [3.63, 3.8) is 0 Å². The van der Waals surface area contributed by atoms with Gasteiger partial charge < -0.3 is 14.0 Å². The number of methoxy groups -OCH3 is 1. The van der Waals surface area contributed by atoms with Crippen LogP contribution in [0.3, 0.4) is 0 Å². The van der Waals surface area contributed by atoms with Gasteiger partial charge in [0.05, 0.1) is 19.9 Å². The zero-order valence-electron chi connectivity index (χ0n) is 16.9. The molecule has 3 rings (SSSR count). The summed E-state index contributed by atoms with van der Waals surface area (Å²) in [7, 11) is 4.63. The smallest absolute Gasteiger partial charge is 0.332 e. The van der Waals surface area contributed by atoms with Gasteiger partial charge in [0.25, 0.3) is 5.56 Å². The quantitative estimate of drug-likeness (QED) is 0.343. The summed E-state index contributed by atoms with van der Waals surface area (Å²) >= 11 is 0. The molecule has 0 spiro atoms. The second-order valence-electron chi connectivity index (χ2n) is 6.31. The molecule has 0 radical (unpaired) electrons. The summed E-state index contributed by atoms with van der Waals surface area (Å²) in [4.78, 5) is 29.3. The molecule has 0 saturated heterocycles. The number of nitrogens with zero attached hydrogens (tertiary/aromatic N) is 5. The third-order valence-electron chi connectivity index (χ3n) is 4.51. The Labute approximate surface area is 167 Å². The lowest BCUT2D eigenvalue weighted by Crippen LogP contribution is -2.37. The van der Waals surface area contributed by atoms with Crippen LogP contribution in [-0.2, 0) is 25.4 Å². The highest BCUT2D eigenvalue weighted by atomic mass is 16.5. The lowest BCUT2D eigenvalue weighted by Gasteiger charge is -2.09. The molecule has 3 aromatic rings. The van der Waals surface area contributed by atoms with Crippen molar-refractivity contribution in [2.75, 3.05) is 25.7 Å². The van der Waals surface area contributed by atoms with Crippen molar-refractivity contribution in [3.8, 4) is 5.75 Å². The fourth-order valence-corrected chi connectivity index (χ4v) is 2.90. The van der Waals surface area contributed by atoms with E-state index in [9.17, 15) is 9.59 Å². The Kier molecular flexibility index (Phi) is 6.13. The first kappa shape index (κ1) is 20.3.